The molecule has 0 saturated carbocycles. The van der Waals surface area contributed by atoms with Gasteiger partial charge < -0.3 is 24.8 Å². The Morgan fingerprint density at radius 1 is 1.30 bits per heavy atom. The van der Waals surface area contributed by atoms with Crippen molar-refractivity contribution in [3.63, 3.8) is 0 Å². The van der Waals surface area contributed by atoms with Gasteiger partial charge in [-0.1, -0.05) is 35.7 Å². The van der Waals surface area contributed by atoms with Crippen molar-refractivity contribution >= 4 is 33.7 Å². The van der Waals surface area contributed by atoms with E-state index >= 15 is 0 Å². The molecule has 30 heavy (non-hydrogen) atoms. The number of likely N-dealkylation sites (tertiary alicyclic amines) is 1. The molecular weight excluding hydrogens is 456 g/mol. The molecule has 170 valence electrons. The lowest BCUT2D eigenvalue weighted by molar-refractivity contribution is -0.154. The minimum absolute atomic E-state index is 0.0258. The number of carbonyl (C=O) groups excluding carboxylic acids is 3. The minimum atomic E-state index is -1.03. The van der Waals surface area contributed by atoms with Crippen LogP contribution in [0.5, 0.6) is 0 Å². The number of esters is 1. The standard InChI is InChI=1S/C21H33BrN2O6/c1-3-5-6-9-23-18(26)17-21-12-13(22)16(30-21)14(20(28)29-4-2)15(21)19(27)24(17)10-7-8-11-25/h13-17,25H,3-12H2,1-2H3,(H,23,26)/t13?,14-,15+,16-,17-,21+/m0/s1. The van der Waals surface area contributed by atoms with Crippen LogP contribution in [-0.2, 0) is 23.9 Å². The molecule has 0 aromatic rings. The maximum absolute atomic E-state index is 13.5. The number of carbonyl (C=O) groups is 3. The topological polar surface area (TPSA) is 105 Å². The highest BCUT2D eigenvalue weighted by Gasteiger charge is 2.76. The third kappa shape index (κ3) is 4.00. The van der Waals surface area contributed by atoms with Crippen molar-refractivity contribution in [2.24, 2.45) is 11.8 Å². The average molecular weight is 489 g/mol. The predicted molar refractivity (Wildman–Crippen MR) is 113 cm³/mol. The minimum Gasteiger partial charge on any atom is -0.466 e. The van der Waals surface area contributed by atoms with Crippen LogP contribution in [0.3, 0.4) is 0 Å². The highest BCUT2D eigenvalue weighted by Crippen LogP contribution is 2.60. The lowest BCUT2D eigenvalue weighted by atomic mass is 9.70. The van der Waals surface area contributed by atoms with Gasteiger partial charge in [0.1, 0.15) is 11.6 Å². The van der Waals surface area contributed by atoms with E-state index < -0.39 is 35.6 Å². The van der Waals surface area contributed by atoms with E-state index in [9.17, 15) is 14.4 Å². The molecule has 8 nitrogen and oxygen atoms in total. The number of hydrogen-bond donors (Lipinski definition) is 2. The smallest absolute Gasteiger partial charge is 0.312 e. The molecule has 3 aliphatic heterocycles. The zero-order chi connectivity index (χ0) is 21.9. The Hall–Kier alpha value is -1.19. The van der Waals surface area contributed by atoms with Crippen LogP contribution in [0.2, 0.25) is 0 Å². The van der Waals surface area contributed by atoms with E-state index in [0.717, 1.165) is 19.3 Å². The molecule has 6 atom stereocenters. The fraction of sp³-hybridized carbons (Fsp3) is 0.857. The number of aliphatic hydroxyl groups is 1. The normalized spacial score (nSPS) is 34.3. The molecule has 0 aromatic carbocycles. The second-order valence-electron chi connectivity index (χ2n) is 8.38. The van der Waals surface area contributed by atoms with E-state index in [2.05, 4.69) is 28.2 Å². The number of hydrogen-bond acceptors (Lipinski definition) is 6. The van der Waals surface area contributed by atoms with Crippen molar-refractivity contribution in [2.75, 3.05) is 26.3 Å². The average Bonchev–Trinajstić information content (AvgIpc) is 3.29. The van der Waals surface area contributed by atoms with Crippen LogP contribution in [0.1, 0.15) is 52.4 Å². The molecule has 1 unspecified atom stereocenters. The Morgan fingerprint density at radius 3 is 2.73 bits per heavy atom. The van der Waals surface area contributed by atoms with Gasteiger partial charge in [0.2, 0.25) is 11.8 Å². The fourth-order valence-corrected chi connectivity index (χ4v) is 6.20. The number of ether oxygens (including phenoxy) is 2. The van der Waals surface area contributed by atoms with Crippen molar-refractivity contribution in [1.29, 1.82) is 0 Å². The molecule has 3 saturated heterocycles. The van der Waals surface area contributed by atoms with Gasteiger partial charge in [-0.3, -0.25) is 14.4 Å². The van der Waals surface area contributed by atoms with Crippen LogP contribution >= 0.6 is 15.9 Å². The second kappa shape index (κ2) is 9.96. The van der Waals surface area contributed by atoms with Crippen molar-refractivity contribution in [1.82, 2.24) is 10.2 Å². The molecule has 2 N–H and O–H groups in total. The molecule has 1 spiro atoms. The van der Waals surface area contributed by atoms with Gasteiger partial charge in [-0.2, -0.15) is 0 Å². The summed E-state index contributed by atoms with van der Waals surface area (Å²) in [7, 11) is 0. The molecular formula is C21H33BrN2O6. The maximum atomic E-state index is 13.5. The van der Waals surface area contributed by atoms with Crippen molar-refractivity contribution in [2.45, 2.75) is 74.9 Å². The monoisotopic (exact) mass is 488 g/mol. The van der Waals surface area contributed by atoms with Gasteiger partial charge in [-0.25, -0.2) is 0 Å². The van der Waals surface area contributed by atoms with E-state index in [4.69, 9.17) is 14.6 Å². The van der Waals surface area contributed by atoms with E-state index in [1.807, 2.05) is 0 Å². The Balaban J connectivity index is 1.89. The molecule has 0 aliphatic carbocycles. The Morgan fingerprint density at radius 2 is 2.07 bits per heavy atom. The molecule has 9 heteroatoms. The Kier molecular flexibility index (Phi) is 7.79. The highest BCUT2D eigenvalue weighted by molar-refractivity contribution is 9.09. The zero-order valence-corrected chi connectivity index (χ0v) is 19.4. The number of rotatable bonds is 11. The van der Waals surface area contributed by atoms with Gasteiger partial charge in [0, 0.05) is 24.5 Å². The summed E-state index contributed by atoms with van der Waals surface area (Å²) < 4.78 is 11.6. The van der Waals surface area contributed by atoms with Crippen LogP contribution in [0, 0.1) is 11.8 Å². The number of nitrogens with one attached hydrogen (secondary N) is 1. The summed E-state index contributed by atoms with van der Waals surface area (Å²) in [6, 6.07) is -0.778. The van der Waals surface area contributed by atoms with E-state index in [-0.39, 0.29) is 29.9 Å². The van der Waals surface area contributed by atoms with Gasteiger partial charge >= 0.3 is 5.97 Å². The Labute approximate surface area is 186 Å². The lowest BCUT2D eigenvalue weighted by Crippen LogP contribution is -2.56. The maximum Gasteiger partial charge on any atom is 0.312 e. The van der Waals surface area contributed by atoms with Crippen LogP contribution in [-0.4, -0.2) is 76.7 Å². The Bertz CT molecular complexity index is 661. The number of aliphatic hydroxyl groups excluding tert-OH is 1. The summed E-state index contributed by atoms with van der Waals surface area (Å²) in [6.07, 6.45) is 4.08. The first-order valence-corrected chi connectivity index (χ1v) is 12.0. The number of unbranched alkanes of at least 4 members (excludes halogenated alkanes) is 3. The molecule has 2 amide bonds. The molecule has 3 fully saturated rings. The highest BCUT2D eigenvalue weighted by atomic mass is 79.9. The van der Waals surface area contributed by atoms with Crippen molar-refractivity contribution < 1.29 is 29.0 Å². The summed E-state index contributed by atoms with van der Waals surface area (Å²) in [5, 5.41) is 12.1. The van der Waals surface area contributed by atoms with Gasteiger partial charge in [0.25, 0.3) is 0 Å². The van der Waals surface area contributed by atoms with Crippen molar-refractivity contribution in [3.05, 3.63) is 0 Å². The fourth-order valence-electron chi connectivity index (χ4n) is 5.26. The third-order valence-electron chi connectivity index (χ3n) is 6.48. The first-order valence-electron chi connectivity index (χ1n) is 11.1. The summed E-state index contributed by atoms with van der Waals surface area (Å²) in [5.41, 5.74) is -1.03. The van der Waals surface area contributed by atoms with Crippen LogP contribution < -0.4 is 5.32 Å². The predicted octanol–water partition coefficient (Wildman–Crippen LogP) is 1.38. The van der Waals surface area contributed by atoms with E-state index in [1.165, 1.54) is 0 Å². The van der Waals surface area contributed by atoms with Crippen molar-refractivity contribution in [3.8, 4) is 0 Å². The molecule has 0 aromatic heterocycles. The molecule has 3 heterocycles. The zero-order valence-electron chi connectivity index (χ0n) is 17.8. The summed E-state index contributed by atoms with van der Waals surface area (Å²) in [6.45, 7) is 4.98. The van der Waals surface area contributed by atoms with E-state index in [1.54, 1.807) is 11.8 Å². The second-order valence-corrected chi connectivity index (χ2v) is 9.55. The number of alkyl halides is 1. The molecule has 3 aliphatic rings. The molecule has 0 radical (unpaired) electrons. The summed E-state index contributed by atoms with van der Waals surface area (Å²) in [4.78, 5) is 40.9. The number of nitrogens with zero attached hydrogens (tertiary/aromatic N) is 1. The van der Waals surface area contributed by atoms with Gasteiger partial charge in [0.05, 0.1) is 24.5 Å². The van der Waals surface area contributed by atoms with Gasteiger partial charge in [-0.05, 0) is 32.6 Å². The molecule has 2 bridgehead atoms. The number of halogens is 1. The number of fused-ring (bicyclic) bond motifs is 1. The van der Waals surface area contributed by atoms with Gasteiger partial charge in [0.15, 0.2) is 0 Å². The molecule has 3 rings (SSSR count). The van der Waals surface area contributed by atoms with Crippen LogP contribution in [0.25, 0.3) is 0 Å². The number of amides is 2. The largest absolute Gasteiger partial charge is 0.466 e. The summed E-state index contributed by atoms with van der Waals surface area (Å²) in [5.74, 6) is -2.31. The van der Waals surface area contributed by atoms with Gasteiger partial charge in [-0.15, -0.1) is 0 Å². The quantitative estimate of drug-likeness (QED) is 0.258. The third-order valence-corrected chi connectivity index (χ3v) is 7.33. The van der Waals surface area contributed by atoms with E-state index in [0.29, 0.717) is 32.4 Å². The van der Waals surface area contributed by atoms with Crippen LogP contribution in [0.4, 0.5) is 0 Å². The summed E-state index contributed by atoms with van der Waals surface area (Å²) >= 11 is 3.61. The first-order chi connectivity index (χ1) is 14.4. The lowest BCUT2D eigenvalue weighted by Gasteiger charge is -2.34. The van der Waals surface area contributed by atoms with Crippen LogP contribution in [0.15, 0.2) is 0 Å². The first kappa shape index (κ1) is 23.5. The SMILES string of the molecule is CCCCCNC(=O)[C@@H]1N(CCCCO)C(=O)[C@H]2[C@H](C(=O)OCC)[C@H]3O[C@@]12CC3Br.